The van der Waals surface area contributed by atoms with Crippen LogP contribution < -0.4 is 20.1 Å². The number of fused-ring (bicyclic) bond motifs is 1. The summed E-state index contributed by atoms with van der Waals surface area (Å²) in [4.78, 5) is 17.4. The molecular formula is C27H29N3O4S2. The second-order valence-corrected chi connectivity index (χ2v) is 10.0. The average molecular weight is 524 g/mol. The predicted octanol–water partition coefficient (Wildman–Crippen LogP) is 5.42. The smallest absolute Gasteiger partial charge is 0.238 e. The van der Waals surface area contributed by atoms with Crippen molar-refractivity contribution < 1.29 is 19.0 Å². The van der Waals surface area contributed by atoms with Gasteiger partial charge in [-0.1, -0.05) is 24.3 Å². The summed E-state index contributed by atoms with van der Waals surface area (Å²) in [6.45, 7) is 1.03. The Kier molecular flexibility index (Phi) is 9.57. The van der Waals surface area contributed by atoms with Crippen molar-refractivity contribution in [2.45, 2.75) is 5.75 Å². The fourth-order valence-electron chi connectivity index (χ4n) is 3.46. The second-order valence-electron chi connectivity index (χ2n) is 7.87. The average Bonchev–Trinajstić information content (AvgIpc) is 3.35. The van der Waals surface area contributed by atoms with Crippen LogP contribution >= 0.6 is 23.1 Å². The van der Waals surface area contributed by atoms with E-state index in [0.29, 0.717) is 11.4 Å². The van der Waals surface area contributed by atoms with E-state index >= 15 is 0 Å². The van der Waals surface area contributed by atoms with E-state index in [-0.39, 0.29) is 19.2 Å². The molecule has 0 aliphatic carbocycles. The topological polar surface area (TPSA) is 81.7 Å². The maximum atomic E-state index is 12.6. The monoisotopic (exact) mass is 523 g/mol. The zero-order chi connectivity index (χ0) is 25.2. The van der Waals surface area contributed by atoms with Crippen molar-refractivity contribution in [2.75, 3.05) is 45.2 Å². The highest BCUT2D eigenvalue weighted by Gasteiger charge is 2.13. The molecule has 0 saturated carbocycles. The number of nitrogens with zero attached hydrogens (tertiary/aromatic N) is 1. The Balaban J connectivity index is 1.30. The summed E-state index contributed by atoms with van der Waals surface area (Å²) in [5.74, 6) is 3.08. The van der Waals surface area contributed by atoms with Crippen molar-refractivity contribution in [2.24, 2.45) is 0 Å². The van der Waals surface area contributed by atoms with Gasteiger partial charge in [-0.15, -0.1) is 11.3 Å². The molecule has 0 fully saturated rings. The van der Waals surface area contributed by atoms with Crippen LogP contribution in [0.2, 0.25) is 0 Å². The number of hydrogen-bond donors (Lipinski definition) is 2. The van der Waals surface area contributed by atoms with Crippen molar-refractivity contribution in [1.29, 1.82) is 0 Å². The standard InChI is InChI=1S/C27H29N3O4S2/c1-32-18-34-24-12-9-20(27-30-22-5-3-4-6-25(22)36-27)15-23(24)29-26(31)16-28-13-14-35-17-19-7-10-21(33-2)11-8-19/h3-12,15,28H,13-14,16-18H2,1-2H3,(H,29,31). The van der Waals surface area contributed by atoms with E-state index in [1.807, 2.05) is 60.3 Å². The molecule has 1 amide bonds. The molecule has 0 aliphatic rings. The fraction of sp³-hybridized carbons (Fsp3) is 0.259. The Morgan fingerprint density at radius 2 is 1.89 bits per heavy atom. The van der Waals surface area contributed by atoms with Crippen LogP contribution in [-0.4, -0.2) is 50.7 Å². The Morgan fingerprint density at radius 3 is 2.67 bits per heavy atom. The minimum absolute atomic E-state index is 0.0903. The van der Waals surface area contributed by atoms with Crippen molar-refractivity contribution in [3.8, 4) is 22.1 Å². The number of carbonyl (C=O) groups excluding carboxylic acids is 1. The lowest BCUT2D eigenvalue weighted by atomic mass is 10.2. The fourth-order valence-corrected chi connectivity index (χ4v) is 5.28. The summed E-state index contributed by atoms with van der Waals surface area (Å²) >= 11 is 3.43. The zero-order valence-electron chi connectivity index (χ0n) is 20.3. The van der Waals surface area contributed by atoms with Crippen molar-refractivity contribution in [3.63, 3.8) is 0 Å². The number of para-hydroxylation sites is 1. The number of ether oxygens (including phenoxy) is 3. The quantitative estimate of drug-likeness (QED) is 0.179. The lowest BCUT2D eigenvalue weighted by Gasteiger charge is -2.13. The highest BCUT2D eigenvalue weighted by Crippen LogP contribution is 2.35. The number of amides is 1. The first-order valence-electron chi connectivity index (χ1n) is 11.5. The molecule has 1 heterocycles. The lowest BCUT2D eigenvalue weighted by molar-refractivity contribution is -0.115. The first-order chi connectivity index (χ1) is 17.7. The van der Waals surface area contributed by atoms with Gasteiger partial charge in [0.25, 0.3) is 0 Å². The zero-order valence-corrected chi connectivity index (χ0v) is 21.9. The van der Waals surface area contributed by atoms with Gasteiger partial charge in [0, 0.05) is 30.7 Å². The summed E-state index contributed by atoms with van der Waals surface area (Å²) < 4.78 is 17.0. The van der Waals surface area contributed by atoms with Crippen LogP contribution in [0.5, 0.6) is 11.5 Å². The Labute approximate surface area is 219 Å². The number of thioether (sulfide) groups is 1. The van der Waals surface area contributed by atoms with Gasteiger partial charge in [0.05, 0.1) is 29.6 Å². The van der Waals surface area contributed by atoms with Crippen LogP contribution in [-0.2, 0) is 15.3 Å². The van der Waals surface area contributed by atoms with E-state index in [1.165, 1.54) is 5.56 Å². The third-order valence-electron chi connectivity index (χ3n) is 5.26. The van der Waals surface area contributed by atoms with Gasteiger partial charge in [-0.2, -0.15) is 11.8 Å². The molecular weight excluding hydrogens is 494 g/mol. The number of nitrogens with one attached hydrogen (secondary N) is 2. The van der Waals surface area contributed by atoms with Crippen LogP contribution in [0.3, 0.4) is 0 Å². The summed E-state index contributed by atoms with van der Waals surface area (Å²) in [7, 11) is 3.22. The van der Waals surface area contributed by atoms with E-state index in [4.69, 9.17) is 19.2 Å². The molecule has 9 heteroatoms. The Morgan fingerprint density at radius 1 is 1.06 bits per heavy atom. The lowest BCUT2D eigenvalue weighted by Crippen LogP contribution is -2.29. The van der Waals surface area contributed by atoms with E-state index < -0.39 is 0 Å². The summed E-state index contributed by atoms with van der Waals surface area (Å²) in [5.41, 5.74) is 3.70. The van der Waals surface area contributed by atoms with Gasteiger partial charge in [-0.3, -0.25) is 4.79 Å². The highest BCUT2D eigenvalue weighted by molar-refractivity contribution is 7.98. The first kappa shape index (κ1) is 26.0. The summed E-state index contributed by atoms with van der Waals surface area (Å²) in [5, 5.41) is 7.06. The van der Waals surface area contributed by atoms with Crippen LogP contribution in [0.1, 0.15) is 5.56 Å². The second kappa shape index (κ2) is 13.3. The molecule has 0 aliphatic heterocycles. The number of anilines is 1. The molecule has 0 atom stereocenters. The Bertz CT molecular complexity index is 1240. The molecule has 0 unspecified atom stereocenters. The van der Waals surface area contributed by atoms with Crippen LogP contribution in [0.15, 0.2) is 66.7 Å². The summed E-state index contributed by atoms with van der Waals surface area (Å²) in [6, 6.07) is 21.8. The molecule has 4 rings (SSSR count). The van der Waals surface area contributed by atoms with E-state index in [0.717, 1.165) is 44.6 Å². The molecule has 4 aromatic rings. The molecule has 2 N–H and O–H groups in total. The van der Waals surface area contributed by atoms with Gasteiger partial charge < -0.3 is 24.8 Å². The van der Waals surface area contributed by atoms with Gasteiger partial charge in [0.2, 0.25) is 5.91 Å². The number of rotatable bonds is 13. The van der Waals surface area contributed by atoms with E-state index in [9.17, 15) is 4.79 Å². The molecule has 0 spiro atoms. The molecule has 0 bridgehead atoms. The SMILES string of the molecule is COCOc1ccc(-c2nc3ccccc3s2)cc1NC(=O)CNCCSCc1ccc(OC)cc1. The molecule has 7 nitrogen and oxygen atoms in total. The van der Waals surface area contributed by atoms with Crippen LogP contribution in [0.4, 0.5) is 5.69 Å². The largest absolute Gasteiger partial charge is 0.497 e. The highest BCUT2D eigenvalue weighted by atomic mass is 32.2. The maximum Gasteiger partial charge on any atom is 0.238 e. The summed E-state index contributed by atoms with van der Waals surface area (Å²) in [6.07, 6.45) is 0. The van der Waals surface area contributed by atoms with Crippen molar-refractivity contribution in [1.82, 2.24) is 10.3 Å². The maximum absolute atomic E-state index is 12.6. The molecule has 188 valence electrons. The molecule has 0 saturated heterocycles. The minimum Gasteiger partial charge on any atom is -0.497 e. The number of carbonyl (C=O) groups is 1. The number of thiazole rings is 1. The van der Waals surface area contributed by atoms with Gasteiger partial charge in [0.1, 0.15) is 16.5 Å². The molecule has 3 aromatic carbocycles. The molecule has 1 aromatic heterocycles. The Hall–Kier alpha value is -3.11. The molecule has 36 heavy (non-hydrogen) atoms. The third-order valence-corrected chi connectivity index (χ3v) is 7.38. The number of hydrogen-bond acceptors (Lipinski definition) is 8. The normalized spacial score (nSPS) is 10.9. The first-order valence-corrected chi connectivity index (χ1v) is 13.5. The van der Waals surface area contributed by atoms with E-state index in [2.05, 4.69) is 28.8 Å². The minimum atomic E-state index is -0.140. The number of benzene rings is 3. The van der Waals surface area contributed by atoms with Gasteiger partial charge in [-0.05, 0) is 48.0 Å². The predicted molar refractivity (Wildman–Crippen MR) is 148 cm³/mol. The van der Waals surface area contributed by atoms with Crippen molar-refractivity contribution in [3.05, 3.63) is 72.3 Å². The van der Waals surface area contributed by atoms with Crippen molar-refractivity contribution >= 4 is 44.9 Å². The third kappa shape index (κ3) is 7.20. The van der Waals surface area contributed by atoms with Gasteiger partial charge in [-0.25, -0.2) is 4.98 Å². The van der Waals surface area contributed by atoms with Gasteiger partial charge in [0.15, 0.2) is 6.79 Å². The van der Waals surface area contributed by atoms with Gasteiger partial charge >= 0.3 is 0 Å². The number of methoxy groups -OCH3 is 2. The molecule has 0 radical (unpaired) electrons. The van der Waals surface area contributed by atoms with Crippen LogP contribution in [0.25, 0.3) is 20.8 Å². The van der Waals surface area contributed by atoms with E-state index in [1.54, 1.807) is 25.6 Å². The van der Waals surface area contributed by atoms with Crippen LogP contribution in [0, 0.1) is 0 Å². The number of aromatic nitrogens is 1.